The monoisotopic (exact) mass is 381 g/mol. The Kier molecular flexibility index (Phi) is 8.22. The number of esters is 1. The Labute approximate surface area is 170 Å². The first kappa shape index (κ1) is 22.1. The minimum absolute atomic E-state index is 0.250. The smallest absolute Gasteiger partial charge is 0.356 e. The number of pyridine rings is 1. The SMILES string of the molecule is CCCCCOC(=O)c1ccc(C=C(C)C=CC2=C(C)CCCC2(C)C)cn1. The molecule has 0 fully saturated rings. The van der Waals surface area contributed by atoms with Crippen LogP contribution in [0.15, 0.2) is 47.2 Å². The zero-order valence-corrected chi connectivity index (χ0v) is 18.2. The Bertz CT molecular complexity index is 751. The second-order valence-electron chi connectivity index (χ2n) is 8.47. The van der Waals surface area contributed by atoms with Gasteiger partial charge in [0.25, 0.3) is 0 Å². The van der Waals surface area contributed by atoms with Crippen molar-refractivity contribution in [2.24, 2.45) is 5.41 Å². The minimum atomic E-state index is -0.342. The number of allylic oxidation sites excluding steroid dienone is 5. The summed E-state index contributed by atoms with van der Waals surface area (Å²) in [5.41, 5.74) is 5.73. The van der Waals surface area contributed by atoms with Crippen molar-refractivity contribution >= 4 is 12.0 Å². The van der Waals surface area contributed by atoms with E-state index in [4.69, 9.17) is 4.74 Å². The first-order valence-electron chi connectivity index (χ1n) is 10.5. The lowest BCUT2D eigenvalue weighted by molar-refractivity contribution is 0.0491. The van der Waals surface area contributed by atoms with Crippen molar-refractivity contribution in [1.29, 1.82) is 0 Å². The van der Waals surface area contributed by atoms with Gasteiger partial charge in [0.15, 0.2) is 0 Å². The largest absolute Gasteiger partial charge is 0.461 e. The van der Waals surface area contributed by atoms with Crippen LogP contribution >= 0.6 is 0 Å². The maximum atomic E-state index is 12.0. The van der Waals surface area contributed by atoms with E-state index in [2.05, 4.69) is 57.8 Å². The Balaban J connectivity index is 2.00. The summed E-state index contributed by atoms with van der Waals surface area (Å²) in [5, 5.41) is 0. The number of ether oxygens (including phenoxy) is 1. The Morgan fingerprint density at radius 1 is 1.29 bits per heavy atom. The number of aromatic nitrogens is 1. The molecule has 1 aliphatic carbocycles. The second-order valence-corrected chi connectivity index (χ2v) is 8.47. The van der Waals surface area contributed by atoms with Gasteiger partial charge in [-0.2, -0.15) is 0 Å². The molecule has 0 N–H and O–H groups in total. The summed E-state index contributed by atoms with van der Waals surface area (Å²) >= 11 is 0. The van der Waals surface area contributed by atoms with Crippen LogP contribution in [0.25, 0.3) is 6.08 Å². The lowest BCUT2D eigenvalue weighted by Gasteiger charge is -2.32. The molecule has 2 rings (SSSR count). The number of nitrogens with zero attached hydrogens (tertiary/aromatic N) is 1. The first-order chi connectivity index (χ1) is 13.3. The fourth-order valence-electron chi connectivity index (χ4n) is 3.74. The lowest BCUT2D eigenvalue weighted by atomic mass is 9.72. The molecular formula is C25H35NO2. The van der Waals surface area contributed by atoms with E-state index in [0.717, 1.165) is 24.8 Å². The van der Waals surface area contributed by atoms with Crippen molar-refractivity contribution in [1.82, 2.24) is 4.98 Å². The molecule has 0 aromatic carbocycles. The molecule has 3 nitrogen and oxygen atoms in total. The Morgan fingerprint density at radius 3 is 2.71 bits per heavy atom. The third kappa shape index (κ3) is 6.47. The summed E-state index contributed by atoms with van der Waals surface area (Å²) in [4.78, 5) is 16.3. The van der Waals surface area contributed by atoms with Crippen LogP contribution in [0.4, 0.5) is 0 Å². The average molecular weight is 382 g/mol. The molecule has 0 radical (unpaired) electrons. The molecule has 0 spiro atoms. The van der Waals surface area contributed by atoms with Gasteiger partial charge in [-0.3, -0.25) is 0 Å². The summed E-state index contributed by atoms with van der Waals surface area (Å²) in [5.74, 6) is -0.342. The first-order valence-corrected chi connectivity index (χ1v) is 10.5. The van der Waals surface area contributed by atoms with Crippen molar-refractivity contribution in [2.45, 2.75) is 73.1 Å². The summed E-state index contributed by atoms with van der Waals surface area (Å²) in [7, 11) is 0. The van der Waals surface area contributed by atoms with Gasteiger partial charge in [-0.1, -0.05) is 69.1 Å². The molecule has 0 saturated heterocycles. The van der Waals surface area contributed by atoms with E-state index in [1.165, 1.54) is 36.0 Å². The zero-order valence-electron chi connectivity index (χ0n) is 18.2. The third-order valence-electron chi connectivity index (χ3n) is 5.43. The van der Waals surface area contributed by atoms with Gasteiger partial charge in [0.1, 0.15) is 5.69 Å². The van der Waals surface area contributed by atoms with E-state index in [-0.39, 0.29) is 11.4 Å². The van der Waals surface area contributed by atoms with E-state index in [9.17, 15) is 4.79 Å². The van der Waals surface area contributed by atoms with E-state index in [1.54, 1.807) is 12.3 Å². The highest BCUT2D eigenvalue weighted by Crippen LogP contribution is 2.40. The number of hydrogen-bond donors (Lipinski definition) is 0. The van der Waals surface area contributed by atoms with Crippen molar-refractivity contribution in [3.05, 3.63) is 58.5 Å². The van der Waals surface area contributed by atoms with Crippen LogP contribution in [0.3, 0.4) is 0 Å². The molecule has 0 unspecified atom stereocenters. The maximum absolute atomic E-state index is 12.0. The third-order valence-corrected chi connectivity index (χ3v) is 5.43. The highest BCUT2D eigenvalue weighted by atomic mass is 16.5. The van der Waals surface area contributed by atoms with Gasteiger partial charge in [-0.05, 0) is 62.1 Å². The van der Waals surface area contributed by atoms with Gasteiger partial charge >= 0.3 is 5.97 Å². The quantitative estimate of drug-likeness (QED) is 0.279. The lowest BCUT2D eigenvalue weighted by Crippen LogP contribution is -2.19. The van der Waals surface area contributed by atoms with Crippen LogP contribution in [0.2, 0.25) is 0 Å². The number of unbranched alkanes of at least 4 members (excludes halogenated alkanes) is 2. The van der Waals surface area contributed by atoms with Crippen molar-refractivity contribution < 1.29 is 9.53 Å². The zero-order chi connectivity index (χ0) is 20.6. The van der Waals surface area contributed by atoms with Crippen LogP contribution in [-0.4, -0.2) is 17.6 Å². The minimum Gasteiger partial charge on any atom is -0.461 e. The molecule has 1 aromatic heterocycles. The average Bonchev–Trinajstić information content (AvgIpc) is 2.64. The van der Waals surface area contributed by atoms with E-state index in [0.29, 0.717) is 12.3 Å². The highest BCUT2D eigenvalue weighted by molar-refractivity contribution is 5.87. The molecule has 0 amide bonds. The van der Waals surface area contributed by atoms with Crippen LogP contribution in [0.1, 0.15) is 89.2 Å². The standard InChI is InChI=1S/C25H35NO2/c1-6-7-8-16-28-24(27)23-14-12-21(18-26-23)17-19(2)11-13-22-20(3)10-9-15-25(22,4)5/h11-14,17-18H,6-10,15-16H2,1-5H3. The Hall–Kier alpha value is -2.16. The summed E-state index contributed by atoms with van der Waals surface area (Å²) in [6.07, 6.45) is 15.1. The highest BCUT2D eigenvalue weighted by Gasteiger charge is 2.26. The topological polar surface area (TPSA) is 39.2 Å². The molecule has 152 valence electrons. The normalized spacial score (nSPS) is 17.2. The Morgan fingerprint density at radius 2 is 2.07 bits per heavy atom. The van der Waals surface area contributed by atoms with Gasteiger partial charge < -0.3 is 4.74 Å². The van der Waals surface area contributed by atoms with E-state index < -0.39 is 0 Å². The molecule has 0 atom stereocenters. The van der Waals surface area contributed by atoms with Crippen LogP contribution in [0, 0.1) is 5.41 Å². The van der Waals surface area contributed by atoms with Crippen LogP contribution < -0.4 is 0 Å². The molecule has 3 heteroatoms. The van der Waals surface area contributed by atoms with Crippen molar-refractivity contribution in [3.63, 3.8) is 0 Å². The predicted octanol–water partition coefficient (Wildman–Crippen LogP) is 6.91. The van der Waals surface area contributed by atoms with Crippen LogP contribution in [-0.2, 0) is 4.74 Å². The van der Waals surface area contributed by atoms with Gasteiger partial charge in [0, 0.05) is 6.20 Å². The predicted molar refractivity (Wildman–Crippen MR) is 117 cm³/mol. The van der Waals surface area contributed by atoms with Crippen LogP contribution in [0.5, 0.6) is 0 Å². The van der Waals surface area contributed by atoms with Crippen molar-refractivity contribution in [2.75, 3.05) is 6.61 Å². The summed E-state index contributed by atoms with van der Waals surface area (Å²) < 4.78 is 5.25. The summed E-state index contributed by atoms with van der Waals surface area (Å²) in [6, 6.07) is 3.66. The number of rotatable bonds is 8. The van der Waals surface area contributed by atoms with Gasteiger partial charge in [0.2, 0.25) is 0 Å². The summed E-state index contributed by atoms with van der Waals surface area (Å²) in [6.45, 7) is 11.6. The molecule has 0 aliphatic heterocycles. The number of carbonyl (C=O) groups excluding carboxylic acids is 1. The number of hydrogen-bond acceptors (Lipinski definition) is 3. The molecule has 1 heterocycles. The molecule has 28 heavy (non-hydrogen) atoms. The molecule has 1 aromatic rings. The van der Waals surface area contributed by atoms with Gasteiger partial charge in [0.05, 0.1) is 6.61 Å². The molecule has 0 saturated carbocycles. The fourth-order valence-corrected chi connectivity index (χ4v) is 3.74. The van der Waals surface area contributed by atoms with E-state index >= 15 is 0 Å². The van der Waals surface area contributed by atoms with Gasteiger partial charge in [-0.15, -0.1) is 0 Å². The molecule has 1 aliphatic rings. The molecule has 0 bridgehead atoms. The maximum Gasteiger partial charge on any atom is 0.356 e. The fraction of sp³-hybridized carbons (Fsp3) is 0.520. The molecular weight excluding hydrogens is 346 g/mol. The van der Waals surface area contributed by atoms with Crippen molar-refractivity contribution in [3.8, 4) is 0 Å². The number of carbonyl (C=O) groups is 1. The second kappa shape index (κ2) is 10.4. The van der Waals surface area contributed by atoms with E-state index in [1.807, 2.05) is 6.07 Å². The van der Waals surface area contributed by atoms with Gasteiger partial charge in [-0.25, -0.2) is 9.78 Å².